The number of quaternary nitrogens is 1. The summed E-state index contributed by atoms with van der Waals surface area (Å²) in [4.78, 5) is 15.4. The molecule has 1 aliphatic rings. The Morgan fingerprint density at radius 1 is 1.36 bits per heavy atom. The summed E-state index contributed by atoms with van der Waals surface area (Å²) in [5.41, 5.74) is 1.67. The van der Waals surface area contributed by atoms with Crippen LogP contribution < -0.4 is 15.0 Å². The molecule has 0 spiro atoms. The molecule has 9 heteroatoms. The van der Waals surface area contributed by atoms with Crippen LogP contribution in [0.5, 0.6) is 5.75 Å². The van der Waals surface area contributed by atoms with E-state index in [1.54, 1.807) is 17.4 Å². The number of nitrogens with one attached hydrogen (secondary N) is 2. The number of sulfonamides is 1. The molecular weight excluding hydrogens is 398 g/mol. The first kappa shape index (κ1) is 20.8. The Morgan fingerprint density at radius 2 is 2.11 bits per heavy atom. The number of nitrogens with zero attached hydrogens (tertiary/aromatic N) is 1. The molecule has 28 heavy (non-hydrogen) atoms. The number of hydrogen-bond acceptors (Lipinski definition) is 5. The summed E-state index contributed by atoms with van der Waals surface area (Å²) >= 11 is 1.77. The lowest BCUT2D eigenvalue weighted by atomic mass is 10.0. The maximum atomic E-state index is 12.7. The van der Waals surface area contributed by atoms with E-state index in [-0.39, 0.29) is 16.8 Å². The first-order chi connectivity index (χ1) is 13.2. The molecule has 2 aromatic rings. The van der Waals surface area contributed by atoms with E-state index in [1.807, 2.05) is 0 Å². The van der Waals surface area contributed by atoms with Crippen LogP contribution in [-0.4, -0.2) is 52.9 Å². The van der Waals surface area contributed by atoms with Gasteiger partial charge in [-0.3, -0.25) is 4.79 Å². The minimum absolute atomic E-state index is 0.107. The van der Waals surface area contributed by atoms with Crippen LogP contribution >= 0.6 is 11.3 Å². The number of fused-ring (bicyclic) bond motifs is 1. The van der Waals surface area contributed by atoms with Gasteiger partial charge < -0.3 is 15.0 Å². The smallest absolute Gasteiger partial charge is 0.279 e. The molecule has 0 fully saturated rings. The van der Waals surface area contributed by atoms with Crippen LogP contribution in [0.25, 0.3) is 0 Å². The minimum Gasteiger partial charge on any atom is -0.495 e. The van der Waals surface area contributed by atoms with Gasteiger partial charge in [-0.15, -0.1) is 11.3 Å². The van der Waals surface area contributed by atoms with Crippen molar-refractivity contribution in [3.63, 3.8) is 0 Å². The number of rotatable bonds is 6. The summed E-state index contributed by atoms with van der Waals surface area (Å²) in [6.07, 6.45) is 0.972. The molecule has 1 aromatic carbocycles. The second kappa shape index (κ2) is 8.20. The van der Waals surface area contributed by atoms with Crippen LogP contribution in [0, 0.1) is 0 Å². The summed E-state index contributed by atoms with van der Waals surface area (Å²) in [7, 11) is 0.826. The van der Waals surface area contributed by atoms with Gasteiger partial charge in [0.15, 0.2) is 6.54 Å². The quantitative estimate of drug-likeness (QED) is 0.729. The molecule has 3 rings (SSSR count). The fourth-order valence-electron chi connectivity index (χ4n) is 3.45. The molecule has 0 saturated heterocycles. The van der Waals surface area contributed by atoms with Crippen molar-refractivity contribution in [2.45, 2.75) is 24.3 Å². The van der Waals surface area contributed by atoms with Gasteiger partial charge in [0.2, 0.25) is 10.0 Å². The Kier molecular flexibility index (Phi) is 6.09. The number of anilines is 1. The number of carbonyl (C=O) groups excluding carboxylic acids is 1. The van der Waals surface area contributed by atoms with Crippen molar-refractivity contribution in [3.05, 3.63) is 40.1 Å². The molecular formula is C19H26N3O4S2+. The second-order valence-electron chi connectivity index (χ2n) is 7.05. The van der Waals surface area contributed by atoms with E-state index < -0.39 is 10.0 Å². The molecule has 7 nitrogen and oxygen atoms in total. The lowest BCUT2D eigenvalue weighted by Gasteiger charge is -2.30. The Morgan fingerprint density at radius 3 is 2.79 bits per heavy atom. The zero-order valence-electron chi connectivity index (χ0n) is 16.5. The van der Waals surface area contributed by atoms with E-state index >= 15 is 0 Å². The average molecular weight is 425 g/mol. The zero-order valence-corrected chi connectivity index (χ0v) is 18.1. The van der Waals surface area contributed by atoms with Gasteiger partial charge in [-0.25, -0.2) is 12.7 Å². The first-order valence-electron chi connectivity index (χ1n) is 9.05. The molecule has 0 aliphatic carbocycles. The Labute approximate surface area is 170 Å². The number of hydrogen-bond donors (Lipinski definition) is 2. The Bertz CT molecular complexity index is 969. The number of amides is 1. The van der Waals surface area contributed by atoms with E-state index in [1.165, 1.54) is 48.7 Å². The van der Waals surface area contributed by atoms with E-state index in [2.05, 4.69) is 23.7 Å². The van der Waals surface area contributed by atoms with Gasteiger partial charge >= 0.3 is 0 Å². The number of thiophene rings is 1. The Hall–Kier alpha value is -1.94. The van der Waals surface area contributed by atoms with Crippen molar-refractivity contribution in [3.8, 4) is 5.75 Å². The van der Waals surface area contributed by atoms with Gasteiger partial charge in [-0.1, -0.05) is 0 Å². The van der Waals surface area contributed by atoms with Gasteiger partial charge in [0.25, 0.3) is 5.91 Å². The zero-order chi connectivity index (χ0) is 20.5. The van der Waals surface area contributed by atoms with Gasteiger partial charge in [0, 0.05) is 31.0 Å². The summed E-state index contributed by atoms with van der Waals surface area (Å²) in [5, 5.41) is 4.94. The van der Waals surface area contributed by atoms with Crippen molar-refractivity contribution in [1.29, 1.82) is 0 Å². The number of benzene rings is 1. The fourth-order valence-corrected chi connectivity index (χ4v) is 5.36. The largest absolute Gasteiger partial charge is 0.495 e. The molecule has 0 saturated carbocycles. The van der Waals surface area contributed by atoms with E-state index in [0.717, 1.165) is 17.3 Å². The van der Waals surface area contributed by atoms with E-state index in [9.17, 15) is 13.2 Å². The van der Waals surface area contributed by atoms with Crippen molar-refractivity contribution in [1.82, 2.24) is 4.31 Å². The van der Waals surface area contributed by atoms with Crippen molar-refractivity contribution >= 4 is 33.0 Å². The molecule has 0 radical (unpaired) electrons. The molecule has 1 unspecified atom stereocenters. The molecule has 1 amide bonds. The highest BCUT2D eigenvalue weighted by Crippen LogP contribution is 2.28. The van der Waals surface area contributed by atoms with Crippen LogP contribution in [0.1, 0.15) is 23.4 Å². The number of methoxy groups -OCH3 is 1. The summed E-state index contributed by atoms with van der Waals surface area (Å²) in [5.74, 6) is 0.256. The van der Waals surface area contributed by atoms with Crippen LogP contribution in [0.4, 0.5) is 5.69 Å². The minimum atomic E-state index is -3.60. The van der Waals surface area contributed by atoms with E-state index in [0.29, 0.717) is 18.0 Å². The maximum Gasteiger partial charge on any atom is 0.279 e. The van der Waals surface area contributed by atoms with Crippen molar-refractivity contribution in [2.24, 2.45) is 0 Å². The third kappa shape index (κ3) is 4.07. The van der Waals surface area contributed by atoms with Crippen LogP contribution in [0.2, 0.25) is 0 Å². The molecule has 2 heterocycles. The maximum absolute atomic E-state index is 12.7. The molecule has 152 valence electrons. The van der Waals surface area contributed by atoms with Crippen LogP contribution in [0.3, 0.4) is 0 Å². The Balaban J connectivity index is 1.77. The van der Waals surface area contributed by atoms with Gasteiger partial charge in [-0.2, -0.15) is 0 Å². The first-order valence-corrected chi connectivity index (χ1v) is 11.4. The van der Waals surface area contributed by atoms with Gasteiger partial charge in [-0.05, 0) is 36.6 Å². The van der Waals surface area contributed by atoms with Crippen molar-refractivity contribution in [2.75, 3.05) is 39.6 Å². The molecule has 0 bridgehead atoms. The third-order valence-electron chi connectivity index (χ3n) is 5.14. The fraction of sp³-hybridized carbons (Fsp3) is 0.421. The summed E-state index contributed by atoms with van der Waals surface area (Å²) < 4.78 is 31.2. The van der Waals surface area contributed by atoms with Gasteiger partial charge in [0.05, 0.1) is 24.2 Å². The topological polar surface area (TPSA) is 80.2 Å². The van der Waals surface area contributed by atoms with Crippen LogP contribution in [-0.2, 0) is 21.2 Å². The third-order valence-corrected chi connectivity index (χ3v) is 7.95. The normalized spacial score (nSPS) is 19.3. The van der Waals surface area contributed by atoms with E-state index in [4.69, 9.17) is 4.74 Å². The van der Waals surface area contributed by atoms with Gasteiger partial charge in [0.1, 0.15) is 11.8 Å². The monoisotopic (exact) mass is 424 g/mol. The number of carbonyl (C=O) groups is 1. The molecule has 2 atom stereocenters. The SMILES string of the molecule is COc1ccc(S(=O)(=O)N(C)C)cc1NC(=O)C[NH+]1CCc2sccc2[C@H]1C. The second-order valence-corrected chi connectivity index (χ2v) is 10.2. The molecule has 2 N–H and O–H groups in total. The summed E-state index contributed by atoms with van der Waals surface area (Å²) in [6, 6.07) is 6.86. The van der Waals surface area contributed by atoms with Crippen molar-refractivity contribution < 1.29 is 22.8 Å². The lowest BCUT2D eigenvalue weighted by Crippen LogP contribution is -3.14. The number of ether oxygens (including phenoxy) is 1. The highest BCUT2D eigenvalue weighted by molar-refractivity contribution is 7.89. The highest BCUT2D eigenvalue weighted by atomic mass is 32.2. The summed E-state index contributed by atoms with van der Waals surface area (Å²) in [6.45, 7) is 3.34. The predicted molar refractivity (Wildman–Crippen MR) is 110 cm³/mol. The molecule has 1 aromatic heterocycles. The standard InChI is InChI=1S/C19H25N3O4S2/c1-13-15-8-10-27-18(15)7-9-22(13)12-19(23)20-16-11-14(5-6-17(16)26-4)28(24,25)21(2)3/h5-6,8,10-11,13H,7,9,12H2,1-4H3,(H,20,23)/p+1/t13-/m1/s1. The highest BCUT2D eigenvalue weighted by Gasteiger charge is 2.30. The lowest BCUT2D eigenvalue weighted by molar-refractivity contribution is -0.923. The average Bonchev–Trinajstić information content (AvgIpc) is 3.13. The molecule has 1 aliphatic heterocycles. The predicted octanol–water partition coefficient (Wildman–Crippen LogP) is 1.15. The van der Waals surface area contributed by atoms with Crippen LogP contribution in [0.15, 0.2) is 34.5 Å².